The summed E-state index contributed by atoms with van der Waals surface area (Å²) in [6.07, 6.45) is 1.47. The van der Waals surface area contributed by atoms with Gasteiger partial charge in [0.15, 0.2) is 0 Å². The van der Waals surface area contributed by atoms with Crippen molar-refractivity contribution in [2.45, 2.75) is 26.7 Å². The summed E-state index contributed by atoms with van der Waals surface area (Å²) in [7, 11) is 0. The van der Waals surface area contributed by atoms with Crippen molar-refractivity contribution in [2.24, 2.45) is 0 Å². The van der Waals surface area contributed by atoms with E-state index in [1.165, 1.54) is 12.3 Å². The molecule has 5 heteroatoms. The van der Waals surface area contributed by atoms with Gasteiger partial charge in [0.25, 0.3) is 11.8 Å². The van der Waals surface area contributed by atoms with Crippen molar-refractivity contribution >= 4 is 23.2 Å². The minimum Gasteiger partial charge on any atom is -0.322 e. The number of aromatic nitrogens is 1. The Labute approximate surface area is 164 Å². The first-order valence-corrected chi connectivity index (χ1v) is 9.18. The molecule has 0 aliphatic rings. The Kier molecular flexibility index (Phi) is 5.84. The Morgan fingerprint density at radius 2 is 1.61 bits per heavy atom. The maximum Gasteiger partial charge on any atom is 0.274 e. The van der Waals surface area contributed by atoms with Crippen LogP contribution in [-0.2, 0) is 0 Å². The molecule has 0 atom stereocenters. The second-order valence-corrected chi connectivity index (χ2v) is 6.95. The predicted octanol–water partition coefficient (Wildman–Crippen LogP) is 5.02. The largest absolute Gasteiger partial charge is 0.322 e. The van der Waals surface area contributed by atoms with Gasteiger partial charge in [0.1, 0.15) is 5.69 Å². The predicted molar refractivity (Wildman–Crippen MR) is 112 cm³/mol. The summed E-state index contributed by atoms with van der Waals surface area (Å²) >= 11 is 0. The van der Waals surface area contributed by atoms with Crippen LogP contribution in [0.5, 0.6) is 0 Å². The van der Waals surface area contributed by atoms with Gasteiger partial charge in [-0.15, -0.1) is 0 Å². The molecule has 0 radical (unpaired) electrons. The molecule has 2 aromatic carbocycles. The van der Waals surface area contributed by atoms with Crippen LogP contribution in [0.2, 0.25) is 0 Å². The maximum atomic E-state index is 12.7. The van der Waals surface area contributed by atoms with Crippen LogP contribution in [0.1, 0.15) is 51.7 Å². The number of hydrogen-bond donors (Lipinski definition) is 2. The zero-order valence-electron chi connectivity index (χ0n) is 16.2. The van der Waals surface area contributed by atoms with E-state index in [0.717, 1.165) is 16.8 Å². The fraction of sp³-hybridized carbons (Fsp3) is 0.174. The van der Waals surface area contributed by atoms with E-state index >= 15 is 0 Å². The number of carbonyl (C=O) groups excluding carboxylic acids is 2. The Hall–Kier alpha value is -3.47. The second-order valence-electron chi connectivity index (χ2n) is 6.95. The van der Waals surface area contributed by atoms with E-state index in [0.29, 0.717) is 11.3 Å². The van der Waals surface area contributed by atoms with E-state index in [-0.39, 0.29) is 23.4 Å². The van der Waals surface area contributed by atoms with Gasteiger partial charge in [-0.05, 0) is 48.7 Å². The molecule has 2 N–H and O–H groups in total. The summed E-state index contributed by atoms with van der Waals surface area (Å²) in [4.78, 5) is 29.3. The summed E-state index contributed by atoms with van der Waals surface area (Å²) < 4.78 is 0. The molecular formula is C23H23N3O2. The molecule has 28 heavy (non-hydrogen) atoms. The quantitative estimate of drug-likeness (QED) is 0.660. The minimum absolute atomic E-state index is 0.186. The Bertz CT molecular complexity index is 995. The first-order chi connectivity index (χ1) is 13.4. The van der Waals surface area contributed by atoms with Crippen LogP contribution in [0.15, 0.2) is 66.9 Å². The third-order valence-corrected chi connectivity index (χ3v) is 4.40. The molecule has 0 spiro atoms. The van der Waals surface area contributed by atoms with Gasteiger partial charge in [-0.1, -0.05) is 49.7 Å². The zero-order valence-corrected chi connectivity index (χ0v) is 16.2. The third kappa shape index (κ3) is 4.62. The Balaban J connectivity index is 1.76. The van der Waals surface area contributed by atoms with Crippen LogP contribution >= 0.6 is 0 Å². The number of nitrogens with one attached hydrogen (secondary N) is 2. The highest BCUT2D eigenvalue weighted by Crippen LogP contribution is 2.24. The maximum absolute atomic E-state index is 12.7. The van der Waals surface area contributed by atoms with Crippen molar-refractivity contribution in [3.05, 3.63) is 89.2 Å². The van der Waals surface area contributed by atoms with Gasteiger partial charge in [0.2, 0.25) is 0 Å². The molecule has 1 aromatic heterocycles. The first kappa shape index (κ1) is 19.3. The fourth-order valence-corrected chi connectivity index (χ4v) is 2.84. The smallest absolute Gasteiger partial charge is 0.274 e. The van der Waals surface area contributed by atoms with Crippen molar-refractivity contribution < 1.29 is 9.59 Å². The average molecular weight is 373 g/mol. The highest BCUT2D eigenvalue weighted by Gasteiger charge is 2.14. The molecule has 3 aromatic rings. The molecule has 0 aliphatic heterocycles. The van der Waals surface area contributed by atoms with E-state index in [4.69, 9.17) is 0 Å². The number of anilines is 2. The highest BCUT2D eigenvalue weighted by molar-refractivity contribution is 6.08. The third-order valence-electron chi connectivity index (χ3n) is 4.40. The van der Waals surface area contributed by atoms with E-state index in [2.05, 4.69) is 29.5 Å². The second kappa shape index (κ2) is 8.48. The zero-order chi connectivity index (χ0) is 20.1. The van der Waals surface area contributed by atoms with Gasteiger partial charge < -0.3 is 10.6 Å². The van der Waals surface area contributed by atoms with Crippen molar-refractivity contribution in [1.82, 2.24) is 4.98 Å². The van der Waals surface area contributed by atoms with Crippen molar-refractivity contribution in [3.8, 4) is 0 Å². The lowest BCUT2D eigenvalue weighted by Gasteiger charge is -2.14. The number of amides is 2. The number of para-hydroxylation sites is 1. The molecule has 0 bridgehead atoms. The van der Waals surface area contributed by atoms with Gasteiger partial charge >= 0.3 is 0 Å². The van der Waals surface area contributed by atoms with Gasteiger partial charge in [0.05, 0.1) is 0 Å². The van der Waals surface area contributed by atoms with E-state index < -0.39 is 0 Å². The molecule has 0 saturated carbocycles. The SMILES string of the molecule is Cc1ccc(NC(=O)c2cc(C(=O)Nc3ccccc3C(C)C)ccn2)cc1. The molecule has 2 amide bonds. The van der Waals surface area contributed by atoms with E-state index in [1.54, 1.807) is 6.07 Å². The summed E-state index contributed by atoms with van der Waals surface area (Å²) in [6, 6.07) is 18.3. The van der Waals surface area contributed by atoms with Crippen LogP contribution < -0.4 is 10.6 Å². The van der Waals surface area contributed by atoms with Crippen LogP contribution in [-0.4, -0.2) is 16.8 Å². The highest BCUT2D eigenvalue weighted by atomic mass is 16.2. The molecule has 3 rings (SSSR count). The molecule has 0 fully saturated rings. The van der Waals surface area contributed by atoms with Crippen LogP contribution in [0.4, 0.5) is 11.4 Å². The summed E-state index contributed by atoms with van der Waals surface area (Å²) in [5, 5.41) is 5.72. The minimum atomic E-state index is -0.360. The summed E-state index contributed by atoms with van der Waals surface area (Å²) in [5.41, 5.74) is 4.18. The first-order valence-electron chi connectivity index (χ1n) is 9.18. The molecular weight excluding hydrogens is 350 g/mol. The van der Waals surface area contributed by atoms with Crippen molar-refractivity contribution in [2.75, 3.05) is 10.6 Å². The van der Waals surface area contributed by atoms with Gasteiger partial charge in [0, 0.05) is 23.1 Å². The number of pyridine rings is 1. The molecule has 0 saturated heterocycles. The van der Waals surface area contributed by atoms with Gasteiger partial charge in [-0.3, -0.25) is 14.6 Å². The lowest BCUT2D eigenvalue weighted by Crippen LogP contribution is -2.17. The normalized spacial score (nSPS) is 10.6. The Morgan fingerprint density at radius 3 is 2.32 bits per heavy atom. The monoisotopic (exact) mass is 373 g/mol. The Morgan fingerprint density at radius 1 is 0.893 bits per heavy atom. The number of benzene rings is 2. The van der Waals surface area contributed by atoms with Crippen molar-refractivity contribution in [3.63, 3.8) is 0 Å². The van der Waals surface area contributed by atoms with Crippen LogP contribution in [0.25, 0.3) is 0 Å². The standard InChI is InChI=1S/C23H23N3O2/c1-15(2)19-6-4-5-7-20(19)26-22(27)17-12-13-24-21(14-17)23(28)25-18-10-8-16(3)9-11-18/h4-15H,1-3H3,(H,25,28)(H,26,27). The molecule has 1 heterocycles. The van der Waals surface area contributed by atoms with E-state index in [9.17, 15) is 9.59 Å². The fourth-order valence-electron chi connectivity index (χ4n) is 2.84. The van der Waals surface area contributed by atoms with Crippen LogP contribution in [0, 0.1) is 6.92 Å². The number of rotatable bonds is 5. The average Bonchev–Trinajstić information content (AvgIpc) is 2.70. The van der Waals surface area contributed by atoms with Crippen molar-refractivity contribution in [1.29, 1.82) is 0 Å². The number of aryl methyl sites for hydroxylation is 1. The molecule has 5 nitrogen and oxygen atoms in total. The molecule has 0 unspecified atom stereocenters. The summed E-state index contributed by atoms with van der Waals surface area (Å²) in [6.45, 7) is 6.13. The lowest BCUT2D eigenvalue weighted by atomic mass is 10.0. The summed E-state index contributed by atoms with van der Waals surface area (Å²) in [5.74, 6) is -0.356. The van der Waals surface area contributed by atoms with E-state index in [1.807, 2.05) is 55.5 Å². The number of hydrogen-bond acceptors (Lipinski definition) is 3. The lowest BCUT2D eigenvalue weighted by molar-refractivity contribution is 0.102. The number of carbonyl (C=O) groups is 2. The molecule has 142 valence electrons. The molecule has 0 aliphatic carbocycles. The number of nitrogens with zero attached hydrogens (tertiary/aromatic N) is 1. The van der Waals surface area contributed by atoms with Crippen LogP contribution in [0.3, 0.4) is 0 Å². The van der Waals surface area contributed by atoms with Gasteiger partial charge in [-0.25, -0.2) is 0 Å². The topological polar surface area (TPSA) is 71.1 Å². The van der Waals surface area contributed by atoms with Gasteiger partial charge in [-0.2, -0.15) is 0 Å².